The van der Waals surface area contributed by atoms with E-state index in [1.165, 1.54) is 21.9 Å². The van der Waals surface area contributed by atoms with Crippen molar-refractivity contribution >= 4 is 10.8 Å². The second kappa shape index (κ2) is 7.86. The molecule has 1 aromatic heterocycles. The SMILES string of the molecule is CC.CC.Cc1cc(C)c2cnccc2c1. The van der Waals surface area contributed by atoms with Crippen LogP contribution in [0.2, 0.25) is 0 Å². The molecule has 1 aromatic carbocycles. The van der Waals surface area contributed by atoms with E-state index in [2.05, 4.69) is 37.0 Å². The van der Waals surface area contributed by atoms with Crippen molar-refractivity contribution in [3.8, 4) is 0 Å². The normalized spacial score (nSPS) is 8.62. The number of hydrogen-bond donors (Lipinski definition) is 0. The van der Waals surface area contributed by atoms with Crippen LogP contribution in [-0.2, 0) is 0 Å². The minimum Gasteiger partial charge on any atom is -0.264 e. The molecule has 1 heteroatoms. The maximum atomic E-state index is 4.10. The second-order valence-electron chi connectivity index (χ2n) is 3.18. The summed E-state index contributed by atoms with van der Waals surface area (Å²) in [5, 5.41) is 2.53. The Morgan fingerprint density at radius 3 is 2.19 bits per heavy atom. The first-order valence-electron chi connectivity index (χ1n) is 6.08. The Bertz CT molecular complexity index is 419. The first-order valence-corrected chi connectivity index (χ1v) is 6.08. The van der Waals surface area contributed by atoms with Crippen molar-refractivity contribution in [3.63, 3.8) is 0 Å². The number of nitrogens with zero attached hydrogens (tertiary/aromatic N) is 1. The van der Waals surface area contributed by atoms with E-state index < -0.39 is 0 Å². The zero-order valence-electron chi connectivity index (χ0n) is 11.3. The van der Waals surface area contributed by atoms with Crippen molar-refractivity contribution in [2.75, 3.05) is 0 Å². The number of rotatable bonds is 0. The van der Waals surface area contributed by atoms with E-state index in [0.29, 0.717) is 0 Å². The summed E-state index contributed by atoms with van der Waals surface area (Å²) in [5.74, 6) is 0. The Morgan fingerprint density at radius 2 is 1.56 bits per heavy atom. The van der Waals surface area contributed by atoms with Crippen molar-refractivity contribution in [1.82, 2.24) is 4.98 Å². The molecule has 88 valence electrons. The molecule has 2 aromatic rings. The van der Waals surface area contributed by atoms with Gasteiger partial charge in [0.15, 0.2) is 0 Å². The van der Waals surface area contributed by atoms with Gasteiger partial charge in [0, 0.05) is 17.8 Å². The fraction of sp³-hybridized carbons (Fsp3) is 0.400. The first kappa shape index (κ1) is 14.6. The molecule has 1 heterocycles. The van der Waals surface area contributed by atoms with Crippen molar-refractivity contribution in [2.24, 2.45) is 0 Å². The number of pyridine rings is 1. The molecular formula is C15H23N. The quantitative estimate of drug-likeness (QED) is 0.611. The first-order chi connectivity index (χ1) is 7.77. The minimum atomic E-state index is 1.25. The zero-order chi connectivity index (χ0) is 12.6. The van der Waals surface area contributed by atoms with Crippen LogP contribution in [0.3, 0.4) is 0 Å². The van der Waals surface area contributed by atoms with Crippen LogP contribution in [-0.4, -0.2) is 4.98 Å². The molecule has 0 aliphatic heterocycles. The largest absolute Gasteiger partial charge is 0.264 e. The molecule has 16 heavy (non-hydrogen) atoms. The molecule has 0 radical (unpaired) electrons. The zero-order valence-corrected chi connectivity index (χ0v) is 11.3. The van der Waals surface area contributed by atoms with Gasteiger partial charge in [-0.05, 0) is 30.9 Å². The predicted octanol–water partition coefficient (Wildman–Crippen LogP) is 4.90. The van der Waals surface area contributed by atoms with Crippen molar-refractivity contribution in [2.45, 2.75) is 41.5 Å². The van der Waals surface area contributed by atoms with Gasteiger partial charge in [0.05, 0.1) is 0 Å². The third-order valence-electron chi connectivity index (χ3n) is 2.11. The lowest BCUT2D eigenvalue weighted by Crippen LogP contribution is -1.82. The van der Waals surface area contributed by atoms with Gasteiger partial charge in [0.1, 0.15) is 0 Å². The third-order valence-corrected chi connectivity index (χ3v) is 2.11. The summed E-state index contributed by atoms with van der Waals surface area (Å²) in [4.78, 5) is 4.10. The topological polar surface area (TPSA) is 12.9 Å². The summed E-state index contributed by atoms with van der Waals surface area (Å²) in [6, 6.07) is 6.42. The lowest BCUT2D eigenvalue weighted by molar-refractivity contribution is 1.34. The molecule has 0 fully saturated rings. The lowest BCUT2D eigenvalue weighted by Gasteiger charge is -2.02. The minimum absolute atomic E-state index is 1.25. The highest BCUT2D eigenvalue weighted by molar-refractivity contribution is 5.85. The smallest absolute Gasteiger partial charge is 0.0349 e. The molecule has 0 N–H and O–H groups in total. The van der Waals surface area contributed by atoms with Gasteiger partial charge in [-0.3, -0.25) is 4.98 Å². The van der Waals surface area contributed by atoms with Gasteiger partial charge < -0.3 is 0 Å². The van der Waals surface area contributed by atoms with E-state index in [1.807, 2.05) is 40.1 Å². The van der Waals surface area contributed by atoms with E-state index in [9.17, 15) is 0 Å². The highest BCUT2D eigenvalue weighted by Gasteiger charge is 1.96. The molecule has 0 spiro atoms. The number of aromatic nitrogens is 1. The molecule has 0 saturated heterocycles. The van der Waals surface area contributed by atoms with Crippen molar-refractivity contribution in [3.05, 3.63) is 41.7 Å². The van der Waals surface area contributed by atoms with Crippen LogP contribution in [0.4, 0.5) is 0 Å². The number of aryl methyl sites for hydroxylation is 2. The van der Waals surface area contributed by atoms with Crippen LogP contribution < -0.4 is 0 Å². The van der Waals surface area contributed by atoms with Crippen LogP contribution in [0.25, 0.3) is 10.8 Å². The number of fused-ring (bicyclic) bond motifs is 1. The number of hydrogen-bond acceptors (Lipinski definition) is 1. The average molecular weight is 217 g/mol. The summed E-state index contributed by atoms with van der Waals surface area (Å²) in [5.41, 5.74) is 2.62. The Kier molecular flexibility index (Phi) is 7.19. The van der Waals surface area contributed by atoms with E-state index in [1.54, 1.807) is 0 Å². The van der Waals surface area contributed by atoms with E-state index in [0.717, 1.165) is 0 Å². The van der Waals surface area contributed by atoms with Crippen LogP contribution in [0.1, 0.15) is 38.8 Å². The van der Waals surface area contributed by atoms with Crippen molar-refractivity contribution in [1.29, 1.82) is 0 Å². The van der Waals surface area contributed by atoms with E-state index >= 15 is 0 Å². The Hall–Kier alpha value is -1.37. The maximum Gasteiger partial charge on any atom is 0.0349 e. The second-order valence-corrected chi connectivity index (χ2v) is 3.18. The summed E-state index contributed by atoms with van der Waals surface area (Å²) >= 11 is 0. The van der Waals surface area contributed by atoms with E-state index in [4.69, 9.17) is 0 Å². The van der Waals surface area contributed by atoms with Gasteiger partial charge >= 0.3 is 0 Å². The predicted molar refractivity (Wildman–Crippen MR) is 73.9 cm³/mol. The fourth-order valence-corrected chi connectivity index (χ4v) is 1.57. The van der Waals surface area contributed by atoms with Gasteiger partial charge in [-0.1, -0.05) is 45.4 Å². The van der Waals surface area contributed by atoms with E-state index in [-0.39, 0.29) is 0 Å². The monoisotopic (exact) mass is 217 g/mol. The molecule has 0 atom stereocenters. The van der Waals surface area contributed by atoms with Gasteiger partial charge in [-0.15, -0.1) is 0 Å². The van der Waals surface area contributed by atoms with Crippen LogP contribution in [0.5, 0.6) is 0 Å². The summed E-state index contributed by atoms with van der Waals surface area (Å²) < 4.78 is 0. The fourth-order valence-electron chi connectivity index (χ4n) is 1.57. The summed E-state index contributed by atoms with van der Waals surface area (Å²) in [6.07, 6.45) is 3.76. The third kappa shape index (κ3) is 3.65. The molecule has 0 aliphatic carbocycles. The summed E-state index contributed by atoms with van der Waals surface area (Å²) in [6.45, 7) is 12.2. The van der Waals surface area contributed by atoms with Crippen molar-refractivity contribution < 1.29 is 0 Å². The molecule has 0 unspecified atom stereocenters. The number of benzene rings is 1. The van der Waals surface area contributed by atoms with Crippen LogP contribution in [0, 0.1) is 13.8 Å². The average Bonchev–Trinajstić information content (AvgIpc) is 2.34. The molecule has 0 saturated carbocycles. The highest BCUT2D eigenvalue weighted by atomic mass is 14.6. The molecular weight excluding hydrogens is 194 g/mol. The van der Waals surface area contributed by atoms with Gasteiger partial charge in [0.2, 0.25) is 0 Å². The maximum absolute atomic E-state index is 4.10. The van der Waals surface area contributed by atoms with Crippen LogP contribution >= 0.6 is 0 Å². The highest BCUT2D eigenvalue weighted by Crippen LogP contribution is 2.18. The Labute approximate surface area is 99.5 Å². The Balaban J connectivity index is 0.000000509. The lowest BCUT2D eigenvalue weighted by atomic mass is 10.0. The summed E-state index contributed by atoms with van der Waals surface area (Å²) in [7, 11) is 0. The van der Waals surface area contributed by atoms with Gasteiger partial charge in [0.25, 0.3) is 0 Å². The molecule has 0 bridgehead atoms. The molecule has 0 aliphatic rings. The van der Waals surface area contributed by atoms with Gasteiger partial charge in [-0.2, -0.15) is 0 Å². The van der Waals surface area contributed by atoms with Gasteiger partial charge in [-0.25, -0.2) is 0 Å². The Morgan fingerprint density at radius 1 is 0.938 bits per heavy atom. The standard InChI is InChI=1S/C11H11N.2C2H6/c1-8-5-9(2)11-7-12-4-3-10(11)6-8;2*1-2/h3-7H,1-2H3;2*1-2H3. The molecule has 2 rings (SSSR count). The molecule has 0 amide bonds. The van der Waals surface area contributed by atoms with Crippen LogP contribution in [0.15, 0.2) is 30.6 Å². The molecule has 1 nitrogen and oxygen atoms in total.